The van der Waals surface area contributed by atoms with Crippen LogP contribution in [0.3, 0.4) is 0 Å². The summed E-state index contributed by atoms with van der Waals surface area (Å²) < 4.78 is 25.0. The maximum atomic E-state index is 13.8. The molecule has 0 aliphatic carbocycles. The predicted molar refractivity (Wildman–Crippen MR) is 108 cm³/mol. The summed E-state index contributed by atoms with van der Waals surface area (Å²) in [6.07, 6.45) is 1.13. The lowest BCUT2D eigenvalue weighted by molar-refractivity contribution is -0.737. The Morgan fingerprint density at radius 3 is 2.30 bits per heavy atom. The maximum absolute atomic E-state index is 13.8. The van der Waals surface area contributed by atoms with E-state index >= 15 is 0 Å². The number of ether oxygens (including phenoxy) is 2. The minimum absolute atomic E-state index is 0.158. The molecule has 0 fully saturated rings. The topological polar surface area (TPSA) is 35.1 Å². The van der Waals surface area contributed by atoms with Crippen molar-refractivity contribution in [1.29, 1.82) is 0 Å². The zero-order valence-corrected chi connectivity index (χ0v) is 17.4. The Morgan fingerprint density at radius 2 is 1.67 bits per heavy atom. The van der Waals surface area contributed by atoms with Crippen LogP contribution in [0.1, 0.15) is 52.2 Å². The summed E-state index contributed by atoms with van der Waals surface area (Å²) in [7, 11) is 1.63. The van der Waals surface area contributed by atoms with Gasteiger partial charge in [0.05, 0.1) is 12.6 Å². The SMILES string of the molecule is COc1cc(C[NH2+]C(C)(C)CC(C)(C)C)ccc1OCc1ccccc1F. The number of benzene rings is 2. The fourth-order valence-electron chi connectivity index (χ4n) is 3.56. The van der Waals surface area contributed by atoms with E-state index in [1.807, 2.05) is 18.2 Å². The van der Waals surface area contributed by atoms with Gasteiger partial charge in [0.25, 0.3) is 0 Å². The van der Waals surface area contributed by atoms with Crippen LogP contribution < -0.4 is 14.8 Å². The molecule has 0 amide bonds. The van der Waals surface area contributed by atoms with Gasteiger partial charge < -0.3 is 14.8 Å². The highest BCUT2D eigenvalue weighted by Gasteiger charge is 2.28. The van der Waals surface area contributed by atoms with Gasteiger partial charge in [0, 0.05) is 17.5 Å². The monoisotopic (exact) mass is 374 g/mol. The Hall–Kier alpha value is -2.07. The molecule has 0 aliphatic rings. The fraction of sp³-hybridized carbons (Fsp3) is 0.478. The van der Waals surface area contributed by atoms with E-state index in [0.717, 1.165) is 13.0 Å². The van der Waals surface area contributed by atoms with E-state index in [1.165, 1.54) is 11.6 Å². The molecule has 2 rings (SSSR count). The molecule has 2 aromatic carbocycles. The normalized spacial score (nSPS) is 12.1. The first-order chi connectivity index (χ1) is 12.6. The van der Waals surface area contributed by atoms with Gasteiger partial charge >= 0.3 is 0 Å². The molecule has 0 unspecified atom stereocenters. The van der Waals surface area contributed by atoms with Crippen LogP contribution >= 0.6 is 0 Å². The highest BCUT2D eigenvalue weighted by atomic mass is 19.1. The van der Waals surface area contributed by atoms with Crippen molar-refractivity contribution in [2.75, 3.05) is 7.11 Å². The van der Waals surface area contributed by atoms with Crippen LogP contribution in [0.5, 0.6) is 11.5 Å². The molecule has 0 aliphatic heterocycles. The highest BCUT2D eigenvalue weighted by Crippen LogP contribution is 2.29. The highest BCUT2D eigenvalue weighted by molar-refractivity contribution is 5.43. The maximum Gasteiger partial charge on any atom is 0.161 e. The van der Waals surface area contributed by atoms with E-state index in [2.05, 4.69) is 39.9 Å². The van der Waals surface area contributed by atoms with Gasteiger partial charge in [0.1, 0.15) is 19.0 Å². The average Bonchev–Trinajstić information content (AvgIpc) is 2.57. The number of nitrogens with two attached hydrogens (primary N) is 1. The fourth-order valence-corrected chi connectivity index (χ4v) is 3.56. The second-order valence-electron chi connectivity index (χ2n) is 9.00. The van der Waals surface area contributed by atoms with Gasteiger partial charge in [0.15, 0.2) is 11.5 Å². The van der Waals surface area contributed by atoms with Crippen molar-refractivity contribution in [3.63, 3.8) is 0 Å². The summed E-state index contributed by atoms with van der Waals surface area (Å²) >= 11 is 0. The molecule has 0 bridgehead atoms. The molecule has 0 heterocycles. The first-order valence-electron chi connectivity index (χ1n) is 9.47. The summed E-state index contributed by atoms with van der Waals surface area (Å²) in [6, 6.07) is 12.6. The Labute approximate surface area is 162 Å². The number of hydrogen-bond acceptors (Lipinski definition) is 2. The van der Waals surface area contributed by atoms with Gasteiger partial charge in [-0.25, -0.2) is 4.39 Å². The lowest BCUT2D eigenvalue weighted by atomic mass is 9.82. The van der Waals surface area contributed by atoms with Crippen LogP contribution in [0.4, 0.5) is 4.39 Å². The summed E-state index contributed by atoms with van der Waals surface area (Å²) in [5, 5.41) is 2.37. The molecule has 0 saturated heterocycles. The molecule has 27 heavy (non-hydrogen) atoms. The summed E-state index contributed by atoms with van der Waals surface area (Å²) in [6.45, 7) is 12.4. The summed E-state index contributed by atoms with van der Waals surface area (Å²) in [5.41, 5.74) is 2.15. The van der Waals surface area contributed by atoms with E-state index in [1.54, 1.807) is 25.3 Å². The average molecular weight is 375 g/mol. The first-order valence-corrected chi connectivity index (χ1v) is 9.47. The van der Waals surface area contributed by atoms with Crippen molar-refractivity contribution < 1.29 is 19.2 Å². The van der Waals surface area contributed by atoms with Gasteiger partial charge in [-0.15, -0.1) is 0 Å². The second-order valence-corrected chi connectivity index (χ2v) is 9.00. The zero-order chi connectivity index (χ0) is 20.1. The molecule has 148 valence electrons. The number of rotatable bonds is 8. The first kappa shape index (κ1) is 21.2. The van der Waals surface area contributed by atoms with Crippen molar-refractivity contribution in [2.24, 2.45) is 5.41 Å². The zero-order valence-electron chi connectivity index (χ0n) is 17.4. The lowest BCUT2D eigenvalue weighted by Gasteiger charge is -2.30. The molecule has 0 saturated carbocycles. The van der Waals surface area contributed by atoms with E-state index in [4.69, 9.17) is 9.47 Å². The number of quaternary nitrogens is 1. The van der Waals surface area contributed by atoms with Crippen molar-refractivity contribution in [3.05, 3.63) is 59.4 Å². The van der Waals surface area contributed by atoms with Gasteiger partial charge in [-0.05, 0) is 43.5 Å². The third kappa shape index (κ3) is 6.87. The summed E-state index contributed by atoms with van der Waals surface area (Å²) in [5.74, 6) is 1.04. The van der Waals surface area contributed by atoms with Crippen molar-refractivity contribution in [3.8, 4) is 11.5 Å². The van der Waals surface area contributed by atoms with E-state index in [9.17, 15) is 4.39 Å². The Balaban J connectivity index is 2.02. The number of methoxy groups -OCH3 is 1. The largest absolute Gasteiger partial charge is 0.493 e. The Bertz CT molecular complexity index is 750. The smallest absolute Gasteiger partial charge is 0.161 e. The molecule has 0 aromatic heterocycles. The second kappa shape index (κ2) is 8.75. The summed E-state index contributed by atoms with van der Waals surface area (Å²) in [4.78, 5) is 0. The van der Waals surface area contributed by atoms with Crippen molar-refractivity contribution in [2.45, 2.75) is 59.7 Å². The van der Waals surface area contributed by atoms with Crippen molar-refractivity contribution in [1.82, 2.24) is 0 Å². The minimum atomic E-state index is -0.260. The molecule has 2 N–H and O–H groups in total. The number of hydrogen-bond donors (Lipinski definition) is 1. The van der Waals surface area contributed by atoms with Gasteiger partial charge in [0.2, 0.25) is 0 Å². The van der Waals surface area contributed by atoms with Crippen molar-refractivity contribution >= 4 is 0 Å². The third-order valence-corrected chi connectivity index (χ3v) is 4.45. The molecule has 0 radical (unpaired) electrons. The van der Waals surface area contributed by atoms with Gasteiger partial charge in [-0.2, -0.15) is 0 Å². The van der Waals surface area contributed by atoms with Crippen LogP contribution in [-0.2, 0) is 13.2 Å². The van der Waals surface area contributed by atoms with E-state index in [0.29, 0.717) is 22.5 Å². The molecule has 4 heteroatoms. The Morgan fingerprint density at radius 1 is 0.963 bits per heavy atom. The standard InChI is InChI=1S/C23H32FNO2/c1-22(2,3)16-23(4,5)25-14-17-11-12-20(21(13-17)26-6)27-15-18-9-7-8-10-19(18)24/h7-13,25H,14-16H2,1-6H3/p+1. The van der Waals surface area contributed by atoms with Gasteiger partial charge in [-0.1, -0.05) is 39.0 Å². The molecule has 0 spiro atoms. The minimum Gasteiger partial charge on any atom is -0.493 e. The number of halogens is 1. The molecule has 0 atom stereocenters. The lowest BCUT2D eigenvalue weighted by Crippen LogP contribution is -2.94. The molecular weight excluding hydrogens is 341 g/mol. The molecule has 3 nitrogen and oxygen atoms in total. The predicted octanol–water partition coefficient (Wildman–Crippen LogP) is 4.69. The quantitative estimate of drug-likeness (QED) is 0.727. The molecule has 2 aromatic rings. The van der Waals surface area contributed by atoms with Gasteiger partial charge in [-0.3, -0.25) is 0 Å². The van der Waals surface area contributed by atoms with E-state index < -0.39 is 0 Å². The van der Waals surface area contributed by atoms with Crippen LogP contribution in [0.25, 0.3) is 0 Å². The van der Waals surface area contributed by atoms with Crippen LogP contribution in [0, 0.1) is 11.2 Å². The van der Waals surface area contributed by atoms with Crippen LogP contribution in [-0.4, -0.2) is 12.6 Å². The van der Waals surface area contributed by atoms with Crippen LogP contribution in [0.2, 0.25) is 0 Å². The van der Waals surface area contributed by atoms with E-state index in [-0.39, 0.29) is 18.0 Å². The Kier molecular flexibility index (Phi) is 6.88. The molecular formula is C23H33FNO2+. The third-order valence-electron chi connectivity index (χ3n) is 4.45. The van der Waals surface area contributed by atoms with Crippen LogP contribution in [0.15, 0.2) is 42.5 Å².